The van der Waals surface area contributed by atoms with Gasteiger partial charge < -0.3 is 24.4 Å². The van der Waals surface area contributed by atoms with Gasteiger partial charge in [0.25, 0.3) is 5.91 Å². The number of esters is 2. The van der Waals surface area contributed by atoms with Crippen molar-refractivity contribution in [3.63, 3.8) is 0 Å². The number of carbonyl (C=O) groups is 3. The Kier molecular flexibility index (Phi) is 6.22. The monoisotopic (exact) mass is 376 g/mol. The smallest absolute Gasteiger partial charge is 0.355 e. The van der Waals surface area contributed by atoms with E-state index in [9.17, 15) is 14.4 Å². The van der Waals surface area contributed by atoms with Crippen LogP contribution >= 0.6 is 0 Å². The summed E-state index contributed by atoms with van der Waals surface area (Å²) in [4.78, 5) is 38.7. The SMILES string of the molecule is COC(=O)C1=C(C(=O)OC)N(c2ccccc2C(=O)NC(C)(C)C)COC1. The molecule has 146 valence electrons. The highest BCUT2D eigenvalue weighted by molar-refractivity contribution is 6.06. The minimum absolute atomic E-state index is 0.00777. The largest absolute Gasteiger partial charge is 0.466 e. The molecule has 8 heteroatoms. The van der Waals surface area contributed by atoms with Crippen molar-refractivity contribution in [2.24, 2.45) is 0 Å². The molecule has 0 unspecified atom stereocenters. The van der Waals surface area contributed by atoms with E-state index in [-0.39, 0.29) is 30.5 Å². The molecule has 2 rings (SSSR count). The molecular formula is C19H24N2O6. The van der Waals surface area contributed by atoms with Crippen LogP contribution in [0.4, 0.5) is 5.69 Å². The van der Waals surface area contributed by atoms with Gasteiger partial charge in [-0.2, -0.15) is 0 Å². The molecule has 0 atom stereocenters. The average molecular weight is 376 g/mol. The fraction of sp³-hybridized carbons (Fsp3) is 0.421. The maximum Gasteiger partial charge on any atom is 0.355 e. The molecule has 1 amide bonds. The molecule has 0 radical (unpaired) electrons. The van der Waals surface area contributed by atoms with Crippen LogP contribution in [0.1, 0.15) is 31.1 Å². The van der Waals surface area contributed by atoms with Gasteiger partial charge in [-0.25, -0.2) is 9.59 Å². The Morgan fingerprint density at radius 1 is 1.07 bits per heavy atom. The zero-order valence-electron chi connectivity index (χ0n) is 16.1. The van der Waals surface area contributed by atoms with E-state index in [1.807, 2.05) is 20.8 Å². The van der Waals surface area contributed by atoms with Gasteiger partial charge in [0.1, 0.15) is 12.4 Å². The number of hydrogen-bond acceptors (Lipinski definition) is 7. The molecular weight excluding hydrogens is 352 g/mol. The predicted octanol–water partition coefficient (Wildman–Crippen LogP) is 1.61. The van der Waals surface area contributed by atoms with Gasteiger partial charge in [-0.1, -0.05) is 12.1 Å². The van der Waals surface area contributed by atoms with E-state index in [1.54, 1.807) is 24.3 Å². The molecule has 1 aromatic rings. The molecule has 1 heterocycles. The van der Waals surface area contributed by atoms with Crippen LogP contribution in [0.5, 0.6) is 0 Å². The Labute approximate surface area is 158 Å². The number of amides is 1. The van der Waals surface area contributed by atoms with Crippen molar-refractivity contribution in [2.45, 2.75) is 26.3 Å². The molecule has 0 bridgehead atoms. The Morgan fingerprint density at radius 3 is 2.30 bits per heavy atom. The number of carbonyl (C=O) groups excluding carboxylic acids is 3. The van der Waals surface area contributed by atoms with E-state index in [0.717, 1.165) is 0 Å². The van der Waals surface area contributed by atoms with Crippen LogP contribution in [-0.2, 0) is 23.8 Å². The van der Waals surface area contributed by atoms with Crippen LogP contribution in [0.3, 0.4) is 0 Å². The van der Waals surface area contributed by atoms with Gasteiger partial charge in [-0.05, 0) is 32.9 Å². The van der Waals surface area contributed by atoms with Crippen LogP contribution < -0.4 is 10.2 Å². The summed E-state index contributed by atoms with van der Waals surface area (Å²) in [5, 5.41) is 2.89. The lowest BCUT2D eigenvalue weighted by Gasteiger charge is -2.32. The number of rotatable bonds is 4. The summed E-state index contributed by atoms with van der Waals surface area (Å²) in [6.07, 6.45) is 0. The first-order valence-electron chi connectivity index (χ1n) is 8.36. The molecule has 27 heavy (non-hydrogen) atoms. The molecule has 8 nitrogen and oxygen atoms in total. The fourth-order valence-electron chi connectivity index (χ4n) is 2.64. The fourth-order valence-corrected chi connectivity index (χ4v) is 2.64. The summed E-state index contributed by atoms with van der Waals surface area (Å²) in [6.45, 7) is 5.49. The normalized spacial score (nSPS) is 14.6. The second kappa shape index (κ2) is 8.22. The standard InChI is InChI=1S/C19H24N2O6/c1-19(2,3)20-16(22)12-8-6-7-9-14(12)21-11-27-10-13(17(23)25-4)15(21)18(24)26-5/h6-9H,10-11H2,1-5H3,(H,20,22). The van der Waals surface area contributed by atoms with Gasteiger partial charge in [0.15, 0.2) is 0 Å². The molecule has 1 aliphatic heterocycles. The van der Waals surface area contributed by atoms with Crippen molar-refractivity contribution in [3.05, 3.63) is 41.1 Å². The van der Waals surface area contributed by atoms with Crippen LogP contribution in [0.15, 0.2) is 35.5 Å². The summed E-state index contributed by atoms with van der Waals surface area (Å²) < 4.78 is 15.1. The van der Waals surface area contributed by atoms with Gasteiger partial charge in [-0.15, -0.1) is 0 Å². The third-order valence-corrected chi connectivity index (χ3v) is 3.76. The lowest BCUT2D eigenvalue weighted by atomic mass is 10.1. The van der Waals surface area contributed by atoms with Crippen LogP contribution in [0, 0.1) is 0 Å². The Morgan fingerprint density at radius 2 is 1.70 bits per heavy atom. The van der Waals surface area contributed by atoms with Gasteiger partial charge in [-0.3, -0.25) is 4.79 Å². The van der Waals surface area contributed by atoms with Crippen molar-refractivity contribution < 1.29 is 28.6 Å². The molecule has 1 aromatic carbocycles. The molecule has 1 aliphatic rings. The van der Waals surface area contributed by atoms with Crippen molar-refractivity contribution >= 4 is 23.5 Å². The number of para-hydroxylation sites is 1. The topological polar surface area (TPSA) is 94.2 Å². The molecule has 1 N–H and O–H groups in total. The van der Waals surface area contributed by atoms with Crippen LogP contribution in [-0.4, -0.2) is 50.9 Å². The number of nitrogens with one attached hydrogen (secondary N) is 1. The van der Waals surface area contributed by atoms with E-state index in [1.165, 1.54) is 19.1 Å². The minimum atomic E-state index is -0.718. The molecule has 0 spiro atoms. The zero-order chi connectivity index (χ0) is 20.2. The molecule has 0 aromatic heterocycles. The first-order chi connectivity index (χ1) is 12.7. The first kappa shape index (κ1) is 20.4. The number of ether oxygens (including phenoxy) is 3. The number of anilines is 1. The van der Waals surface area contributed by atoms with Gasteiger partial charge in [0.2, 0.25) is 0 Å². The quantitative estimate of drug-likeness (QED) is 0.798. The summed E-state index contributed by atoms with van der Waals surface area (Å²) >= 11 is 0. The number of hydrogen-bond donors (Lipinski definition) is 1. The van der Waals surface area contributed by atoms with E-state index < -0.39 is 17.5 Å². The van der Waals surface area contributed by atoms with E-state index in [0.29, 0.717) is 11.3 Å². The second-order valence-corrected chi connectivity index (χ2v) is 6.94. The molecule has 0 aliphatic carbocycles. The van der Waals surface area contributed by atoms with Crippen molar-refractivity contribution in [3.8, 4) is 0 Å². The van der Waals surface area contributed by atoms with Crippen molar-refractivity contribution in [2.75, 3.05) is 32.5 Å². The minimum Gasteiger partial charge on any atom is -0.466 e. The number of nitrogens with zero attached hydrogens (tertiary/aromatic N) is 1. The average Bonchev–Trinajstić information content (AvgIpc) is 2.64. The van der Waals surface area contributed by atoms with Crippen LogP contribution in [0.2, 0.25) is 0 Å². The Hall–Kier alpha value is -2.87. The Bertz CT molecular complexity index is 779. The summed E-state index contributed by atoms with van der Waals surface area (Å²) in [6, 6.07) is 6.75. The third-order valence-electron chi connectivity index (χ3n) is 3.76. The second-order valence-electron chi connectivity index (χ2n) is 6.94. The first-order valence-corrected chi connectivity index (χ1v) is 8.36. The molecule has 0 fully saturated rings. The highest BCUT2D eigenvalue weighted by atomic mass is 16.5. The lowest BCUT2D eigenvalue weighted by Crippen LogP contribution is -2.43. The van der Waals surface area contributed by atoms with Gasteiger partial charge >= 0.3 is 11.9 Å². The summed E-state index contributed by atoms with van der Waals surface area (Å²) in [5.74, 6) is -1.73. The highest BCUT2D eigenvalue weighted by Crippen LogP contribution is 2.29. The Balaban J connectivity index is 2.57. The van der Waals surface area contributed by atoms with Gasteiger partial charge in [0.05, 0.1) is 37.7 Å². The number of methoxy groups -OCH3 is 2. The van der Waals surface area contributed by atoms with E-state index in [2.05, 4.69) is 5.32 Å². The summed E-state index contributed by atoms with van der Waals surface area (Å²) in [5.41, 5.74) is 0.332. The summed E-state index contributed by atoms with van der Waals surface area (Å²) in [7, 11) is 2.43. The van der Waals surface area contributed by atoms with Crippen molar-refractivity contribution in [1.82, 2.24) is 5.32 Å². The van der Waals surface area contributed by atoms with E-state index >= 15 is 0 Å². The maximum absolute atomic E-state index is 12.7. The van der Waals surface area contributed by atoms with Crippen LogP contribution in [0.25, 0.3) is 0 Å². The molecule has 0 saturated carbocycles. The number of benzene rings is 1. The van der Waals surface area contributed by atoms with Gasteiger partial charge in [0, 0.05) is 5.54 Å². The zero-order valence-corrected chi connectivity index (χ0v) is 16.1. The predicted molar refractivity (Wildman–Crippen MR) is 98.0 cm³/mol. The van der Waals surface area contributed by atoms with E-state index in [4.69, 9.17) is 14.2 Å². The lowest BCUT2D eigenvalue weighted by molar-refractivity contribution is -0.140. The van der Waals surface area contributed by atoms with Crippen molar-refractivity contribution in [1.29, 1.82) is 0 Å². The molecule has 0 saturated heterocycles. The maximum atomic E-state index is 12.7. The third kappa shape index (κ3) is 4.65. The highest BCUT2D eigenvalue weighted by Gasteiger charge is 2.34.